The third-order valence-electron chi connectivity index (χ3n) is 4.00. The Bertz CT molecular complexity index is 239. The van der Waals surface area contributed by atoms with Gasteiger partial charge in [-0.3, -0.25) is 4.79 Å². The second-order valence-corrected chi connectivity index (χ2v) is 5.29. The number of rotatable bonds is 8. The Labute approximate surface area is 112 Å². The van der Waals surface area contributed by atoms with Crippen molar-refractivity contribution >= 4 is 5.91 Å². The first-order chi connectivity index (χ1) is 8.74. The van der Waals surface area contributed by atoms with Crippen molar-refractivity contribution in [1.29, 1.82) is 0 Å². The molecule has 0 aromatic rings. The van der Waals surface area contributed by atoms with Crippen molar-refractivity contribution in [1.82, 2.24) is 4.90 Å². The third kappa shape index (κ3) is 4.27. The number of carbonyl (C=O) groups is 1. The van der Waals surface area contributed by atoms with Crippen LogP contribution in [0.3, 0.4) is 0 Å². The first-order valence-corrected chi connectivity index (χ1v) is 7.56. The Hall–Kier alpha value is -0.570. The van der Waals surface area contributed by atoms with Crippen LogP contribution in [-0.2, 0) is 9.53 Å². The van der Waals surface area contributed by atoms with E-state index < -0.39 is 0 Å². The first-order valence-electron chi connectivity index (χ1n) is 7.56. The number of hydrogen-bond donors (Lipinski definition) is 0. The Balaban J connectivity index is 2.40. The predicted molar refractivity (Wildman–Crippen MR) is 74.6 cm³/mol. The van der Waals surface area contributed by atoms with E-state index >= 15 is 0 Å². The molecule has 1 fully saturated rings. The molecule has 0 aromatic carbocycles. The molecule has 0 N–H and O–H groups in total. The van der Waals surface area contributed by atoms with E-state index in [1.165, 1.54) is 19.3 Å². The highest BCUT2D eigenvalue weighted by molar-refractivity contribution is 5.76. The summed E-state index contributed by atoms with van der Waals surface area (Å²) in [5.41, 5.74) is 0. The molecular formula is C15H29NO2. The molecule has 1 heterocycles. The molecule has 1 rings (SSSR count). The van der Waals surface area contributed by atoms with E-state index in [1.54, 1.807) is 7.11 Å². The van der Waals surface area contributed by atoms with Gasteiger partial charge < -0.3 is 9.64 Å². The van der Waals surface area contributed by atoms with Crippen molar-refractivity contribution in [2.75, 3.05) is 13.7 Å². The van der Waals surface area contributed by atoms with Gasteiger partial charge in [-0.25, -0.2) is 0 Å². The lowest BCUT2D eigenvalue weighted by Crippen LogP contribution is -2.43. The average molecular weight is 255 g/mol. The number of ether oxygens (including phenoxy) is 1. The number of carbonyl (C=O) groups excluding carboxylic acids is 1. The molecule has 3 nitrogen and oxygen atoms in total. The lowest BCUT2D eigenvalue weighted by molar-refractivity contribution is -0.134. The Morgan fingerprint density at radius 2 is 2.11 bits per heavy atom. The maximum absolute atomic E-state index is 12.2. The molecule has 3 heteroatoms. The average Bonchev–Trinajstić information content (AvgIpc) is 2.85. The Kier molecular flexibility index (Phi) is 7.33. The largest absolute Gasteiger partial charge is 0.379 e. The Morgan fingerprint density at radius 3 is 2.72 bits per heavy atom. The minimum Gasteiger partial charge on any atom is -0.379 e. The molecule has 0 bridgehead atoms. The van der Waals surface area contributed by atoms with Crippen LogP contribution < -0.4 is 0 Å². The van der Waals surface area contributed by atoms with Crippen LogP contribution in [0.5, 0.6) is 0 Å². The number of methoxy groups -OCH3 is 1. The van der Waals surface area contributed by atoms with Gasteiger partial charge in [-0.2, -0.15) is 0 Å². The van der Waals surface area contributed by atoms with Gasteiger partial charge in [-0.05, 0) is 25.7 Å². The highest BCUT2D eigenvalue weighted by Gasteiger charge is 2.33. The van der Waals surface area contributed by atoms with E-state index in [4.69, 9.17) is 4.74 Å². The van der Waals surface area contributed by atoms with Gasteiger partial charge >= 0.3 is 0 Å². The second-order valence-electron chi connectivity index (χ2n) is 5.29. The van der Waals surface area contributed by atoms with E-state index in [0.29, 0.717) is 11.9 Å². The Morgan fingerprint density at radius 1 is 1.33 bits per heavy atom. The lowest BCUT2D eigenvalue weighted by Gasteiger charge is -2.30. The summed E-state index contributed by atoms with van der Waals surface area (Å²) >= 11 is 0. The van der Waals surface area contributed by atoms with Gasteiger partial charge in [0.1, 0.15) is 0 Å². The van der Waals surface area contributed by atoms with Crippen molar-refractivity contribution in [3.8, 4) is 0 Å². The maximum Gasteiger partial charge on any atom is 0.222 e. The van der Waals surface area contributed by atoms with Gasteiger partial charge in [0, 0.05) is 20.1 Å². The molecule has 1 saturated heterocycles. The molecule has 1 aliphatic heterocycles. The van der Waals surface area contributed by atoms with Gasteiger partial charge in [-0.1, -0.05) is 33.1 Å². The molecule has 1 aliphatic rings. The van der Waals surface area contributed by atoms with Crippen LogP contribution in [0.25, 0.3) is 0 Å². The minimum absolute atomic E-state index is 0.215. The fourth-order valence-corrected chi connectivity index (χ4v) is 2.93. The van der Waals surface area contributed by atoms with E-state index in [-0.39, 0.29) is 6.10 Å². The molecule has 0 spiro atoms. The summed E-state index contributed by atoms with van der Waals surface area (Å²) in [6.07, 6.45) is 8.85. The van der Waals surface area contributed by atoms with E-state index in [1.807, 2.05) is 0 Å². The quantitative estimate of drug-likeness (QED) is 0.622. The van der Waals surface area contributed by atoms with Crippen LogP contribution in [0.2, 0.25) is 0 Å². The summed E-state index contributed by atoms with van der Waals surface area (Å²) in [5, 5.41) is 0. The number of amides is 1. The number of hydrogen-bond acceptors (Lipinski definition) is 2. The number of nitrogens with zero attached hydrogens (tertiary/aromatic N) is 1. The van der Waals surface area contributed by atoms with Crippen LogP contribution in [0, 0.1) is 0 Å². The molecule has 18 heavy (non-hydrogen) atoms. The van der Waals surface area contributed by atoms with Crippen molar-refractivity contribution < 1.29 is 9.53 Å². The van der Waals surface area contributed by atoms with E-state index in [0.717, 1.165) is 38.6 Å². The van der Waals surface area contributed by atoms with Gasteiger partial charge in [0.2, 0.25) is 5.91 Å². The summed E-state index contributed by atoms with van der Waals surface area (Å²) in [5.74, 6) is 0.337. The number of likely N-dealkylation sites (tertiary alicyclic amines) is 1. The SMILES string of the molecule is CCCCCCC(=O)N1CCC[C@H]1[C@@H](CC)OC. The first kappa shape index (κ1) is 15.5. The zero-order valence-electron chi connectivity index (χ0n) is 12.3. The van der Waals surface area contributed by atoms with Crippen molar-refractivity contribution in [2.45, 2.75) is 77.4 Å². The zero-order valence-corrected chi connectivity index (χ0v) is 12.3. The van der Waals surface area contributed by atoms with Gasteiger partial charge in [0.25, 0.3) is 0 Å². The summed E-state index contributed by atoms with van der Waals surface area (Å²) < 4.78 is 5.51. The molecule has 1 amide bonds. The van der Waals surface area contributed by atoms with E-state index in [2.05, 4.69) is 18.7 Å². The lowest BCUT2D eigenvalue weighted by atomic mass is 10.1. The monoisotopic (exact) mass is 255 g/mol. The molecule has 2 atom stereocenters. The smallest absolute Gasteiger partial charge is 0.222 e. The molecule has 0 unspecified atom stereocenters. The molecule has 0 saturated carbocycles. The topological polar surface area (TPSA) is 29.5 Å². The van der Waals surface area contributed by atoms with Gasteiger partial charge in [-0.15, -0.1) is 0 Å². The van der Waals surface area contributed by atoms with Crippen LogP contribution >= 0.6 is 0 Å². The van der Waals surface area contributed by atoms with Crippen LogP contribution in [-0.4, -0.2) is 36.6 Å². The molecule has 106 valence electrons. The molecule has 0 aromatic heterocycles. The minimum atomic E-state index is 0.215. The third-order valence-corrected chi connectivity index (χ3v) is 4.00. The van der Waals surface area contributed by atoms with Gasteiger partial charge in [0.05, 0.1) is 12.1 Å². The standard InChI is InChI=1S/C15H29NO2/c1-4-6-7-8-11-15(17)16-12-9-10-13(16)14(5-2)18-3/h13-14H,4-12H2,1-3H3/t13-,14+/m0/s1. The zero-order chi connectivity index (χ0) is 13.4. The fourth-order valence-electron chi connectivity index (χ4n) is 2.93. The summed E-state index contributed by atoms with van der Waals surface area (Å²) in [7, 11) is 1.76. The van der Waals surface area contributed by atoms with Crippen LogP contribution in [0.1, 0.15) is 65.2 Å². The highest BCUT2D eigenvalue weighted by atomic mass is 16.5. The normalized spacial score (nSPS) is 21.3. The van der Waals surface area contributed by atoms with Crippen molar-refractivity contribution in [3.05, 3.63) is 0 Å². The summed E-state index contributed by atoms with van der Waals surface area (Å²) in [6, 6.07) is 0.318. The fraction of sp³-hybridized carbons (Fsp3) is 0.933. The molecule has 0 radical (unpaired) electrons. The maximum atomic E-state index is 12.2. The molecule has 0 aliphatic carbocycles. The van der Waals surface area contributed by atoms with Crippen LogP contribution in [0.15, 0.2) is 0 Å². The van der Waals surface area contributed by atoms with E-state index in [9.17, 15) is 4.79 Å². The van der Waals surface area contributed by atoms with Crippen LogP contribution in [0.4, 0.5) is 0 Å². The summed E-state index contributed by atoms with van der Waals surface area (Å²) in [6.45, 7) is 5.26. The molecular weight excluding hydrogens is 226 g/mol. The van der Waals surface area contributed by atoms with Crippen molar-refractivity contribution in [3.63, 3.8) is 0 Å². The van der Waals surface area contributed by atoms with Gasteiger partial charge in [0.15, 0.2) is 0 Å². The van der Waals surface area contributed by atoms with Crippen molar-refractivity contribution in [2.24, 2.45) is 0 Å². The summed E-state index contributed by atoms with van der Waals surface area (Å²) in [4.78, 5) is 14.3. The second kappa shape index (κ2) is 8.52. The predicted octanol–water partition coefficient (Wildman–Crippen LogP) is 3.37. The number of unbranched alkanes of at least 4 members (excludes halogenated alkanes) is 3. The highest BCUT2D eigenvalue weighted by Crippen LogP contribution is 2.24.